The van der Waals surface area contributed by atoms with Crippen LogP contribution in [0.3, 0.4) is 0 Å². The average Bonchev–Trinajstić information content (AvgIpc) is 3.43. The lowest BCUT2D eigenvalue weighted by Gasteiger charge is -2.18. The molecule has 0 fully saturated rings. The molecule has 77 heavy (non-hydrogen) atoms. The highest BCUT2D eigenvalue weighted by molar-refractivity contribution is 5.71. The monoisotopic (exact) mass is 1070 g/mol. The van der Waals surface area contributed by atoms with Gasteiger partial charge in [0.1, 0.15) is 13.2 Å². The van der Waals surface area contributed by atoms with E-state index >= 15 is 0 Å². The summed E-state index contributed by atoms with van der Waals surface area (Å²) < 4.78 is 16.7. The Kier molecular flexibility index (Phi) is 60.8. The van der Waals surface area contributed by atoms with Gasteiger partial charge in [-0.15, -0.1) is 0 Å². The smallest absolute Gasteiger partial charge is 0.306 e. The predicted octanol–water partition coefficient (Wildman–Crippen LogP) is 22.0. The Morgan fingerprint density at radius 3 is 0.792 bits per heavy atom. The minimum Gasteiger partial charge on any atom is -0.462 e. The van der Waals surface area contributed by atoms with Crippen molar-refractivity contribution in [2.45, 2.75) is 297 Å². The molecule has 1 unspecified atom stereocenters. The summed E-state index contributed by atoms with van der Waals surface area (Å²) >= 11 is 0. The SMILES string of the molecule is CC/C=C\C/C=C\C/C=C\C/C=C\C/C=C\CCCCCCCCCCCCCCCCCCCC(=O)OCC(COC(=O)CCCCCCC)OC(=O)CCCCCCC/C=C\C/C=C\C/C=C\C/C=C\C/C=C\CC. The van der Waals surface area contributed by atoms with Crippen molar-refractivity contribution < 1.29 is 28.6 Å². The van der Waals surface area contributed by atoms with Crippen LogP contribution in [0.25, 0.3) is 0 Å². The van der Waals surface area contributed by atoms with E-state index in [0.717, 1.165) is 148 Å². The highest BCUT2D eigenvalue weighted by atomic mass is 16.6. The largest absolute Gasteiger partial charge is 0.462 e. The first-order valence-corrected chi connectivity index (χ1v) is 32.0. The molecule has 0 aliphatic carbocycles. The molecule has 6 heteroatoms. The molecule has 6 nitrogen and oxygen atoms in total. The zero-order valence-corrected chi connectivity index (χ0v) is 50.2. The molecule has 0 saturated carbocycles. The van der Waals surface area contributed by atoms with Crippen molar-refractivity contribution in [3.63, 3.8) is 0 Å². The molecule has 0 aliphatic heterocycles. The van der Waals surface area contributed by atoms with Crippen LogP contribution in [0.1, 0.15) is 290 Å². The number of esters is 3. The second kappa shape index (κ2) is 64.3. The molecule has 1 atom stereocenters. The van der Waals surface area contributed by atoms with Crippen molar-refractivity contribution in [2.75, 3.05) is 13.2 Å². The molecule has 438 valence electrons. The van der Waals surface area contributed by atoms with Crippen LogP contribution >= 0.6 is 0 Å². The van der Waals surface area contributed by atoms with Crippen LogP contribution < -0.4 is 0 Å². The molecule has 0 aromatic heterocycles. The minimum atomic E-state index is -0.786. The molecule has 0 bridgehead atoms. The van der Waals surface area contributed by atoms with Gasteiger partial charge >= 0.3 is 17.9 Å². The normalized spacial score (nSPS) is 12.9. The number of carbonyl (C=O) groups excluding carboxylic acids is 3. The topological polar surface area (TPSA) is 78.9 Å². The van der Waals surface area contributed by atoms with E-state index in [4.69, 9.17) is 14.2 Å². The molecule has 0 aliphatic rings. The van der Waals surface area contributed by atoms with Crippen LogP contribution in [0.15, 0.2) is 122 Å². The number of ether oxygens (including phenoxy) is 3. The first-order valence-electron chi connectivity index (χ1n) is 32.0. The standard InChI is InChI=1S/C71H118O6/c1-4-7-10-13-15-17-19-21-23-25-27-29-30-31-32-33-34-35-36-37-38-39-40-42-43-45-47-49-51-53-55-58-61-64-70(73)76-67-68(66-75-69(72)63-60-57-12-9-6-3)77-71(74)65-62-59-56-54-52-50-48-46-44-41-28-26-24-22-20-18-16-14-11-8-5-2/h7-8,10-11,15-18,21-24,27-29,31-32,41,46,48,68H,4-6,9,12-14,19-20,25-26,30,33-40,42-45,47,49-67H2,1-3H3/b10-7-,11-8-,17-15-,18-16-,23-21-,24-22-,29-27-,32-31-,41-28-,48-46-. The molecule has 0 saturated heterocycles. The van der Waals surface area contributed by atoms with Crippen molar-refractivity contribution in [1.82, 2.24) is 0 Å². The van der Waals surface area contributed by atoms with Crippen LogP contribution in [0.2, 0.25) is 0 Å². The molecule has 0 N–H and O–H groups in total. The van der Waals surface area contributed by atoms with Gasteiger partial charge in [-0.2, -0.15) is 0 Å². The van der Waals surface area contributed by atoms with Gasteiger partial charge in [0.05, 0.1) is 0 Å². The lowest BCUT2D eigenvalue weighted by Crippen LogP contribution is -2.30. The van der Waals surface area contributed by atoms with Crippen molar-refractivity contribution >= 4 is 17.9 Å². The number of allylic oxidation sites excluding steroid dienone is 20. The quantitative estimate of drug-likeness (QED) is 0.0261. The van der Waals surface area contributed by atoms with E-state index in [9.17, 15) is 14.4 Å². The van der Waals surface area contributed by atoms with Gasteiger partial charge in [-0.05, 0) is 109 Å². The summed E-state index contributed by atoms with van der Waals surface area (Å²) in [5.41, 5.74) is 0. The van der Waals surface area contributed by atoms with Crippen molar-refractivity contribution in [2.24, 2.45) is 0 Å². The van der Waals surface area contributed by atoms with Gasteiger partial charge in [0.2, 0.25) is 0 Å². The zero-order chi connectivity index (χ0) is 55.7. The van der Waals surface area contributed by atoms with E-state index in [1.165, 1.54) is 103 Å². The third-order valence-electron chi connectivity index (χ3n) is 13.5. The second-order valence-electron chi connectivity index (χ2n) is 20.9. The predicted molar refractivity (Wildman–Crippen MR) is 334 cm³/mol. The summed E-state index contributed by atoms with van der Waals surface area (Å²) in [7, 11) is 0. The van der Waals surface area contributed by atoms with Crippen molar-refractivity contribution in [3.05, 3.63) is 122 Å². The minimum absolute atomic E-state index is 0.0857. The van der Waals surface area contributed by atoms with Crippen LogP contribution in [0.5, 0.6) is 0 Å². The average molecular weight is 1070 g/mol. The van der Waals surface area contributed by atoms with Gasteiger partial charge in [0.15, 0.2) is 6.10 Å². The molecule has 0 rings (SSSR count). The summed E-state index contributed by atoms with van der Waals surface area (Å²) in [6.07, 6.45) is 89.8. The second-order valence-corrected chi connectivity index (χ2v) is 20.9. The number of rotatable bonds is 57. The van der Waals surface area contributed by atoms with Crippen LogP contribution in [0.4, 0.5) is 0 Å². The summed E-state index contributed by atoms with van der Waals surface area (Å²) in [5.74, 6) is -0.914. The third-order valence-corrected chi connectivity index (χ3v) is 13.5. The number of hydrogen-bond acceptors (Lipinski definition) is 6. The molecule has 0 radical (unpaired) electrons. The summed E-state index contributed by atoms with van der Waals surface area (Å²) in [6, 6.07) is 0. The fraction of sp³-hybridized carbons (Fsp3) is 0.676. The zero-order valence-electron chi connectivity index (χ0n) is 50.2. The van der Waals surface area contributed by atoms with Crippen molar-refractivity contribution in [1.29, 1.82) is 0 Å². The summed E-state index contributed by atoms with van der Waals surface area (Å²) in [4.78, 5) is 37.9. The molecular formula is C71H118O6. The van der Waals surface area contributed by atoms with E-state index in [0.29, 0.717) is 19.3 Å². The fourth-order valence-electron chi connectivity index (χ4n) is 8.73. The van der Waals surface area contributed by atoms with Gasteiger partial charge in [0, 0.05) is 19.3 Å². The van der Waals surface area contributed by atoms with Gasteiger partial charge in [-0.1, -0.05) is 284 Å². The van der Waals surface area contributed by atoms with Gasteiger partial charge in [-0.25, -0.2) is 0 Å². The van der Waals surface area contributed by atoms with Crippen LogP contribution in [0, 0.1) is 0 Å². The van der Waals surface area contributed by atoms with Crippen LogP contribution in [-0.4, -0.2) is 37.2 Å². The Morgan fingerprint density at radius 2 is 0.506 bits per heavy atom. The number of hydrogen-bond donors (Lipinski definition) is 0. The maximum atomic E-state index is 12.8. The Bertz CT molecular complexity index is 1600. The Morgan fingerprint density at radius 1 is 0.273 bits per heavy atom. The number of unbranched alkanes of at least 4 members (excludes halogenated alkanes) is 26. The van der Waals surface area contributed by atoms with E-state index in [2.05, 4.69) is 142 Å². The molecule has 0 heterocycles. The lowest BCUT2D eigenvalue weighted by molar-refractivity contribution is -0.167. The Labute approximate surface area is 475 Å². The molecule has 0 amide bonds. The first-order chi connectivity index (χ1) is 38.0. The van der Waals surface area contributed by atoms with Gasteiger partial charge in [0.25, 0.3) is 0 Å². The Hall–Kier alpha value is -4.19. The van der Waals surface area contributed by atoms with Crippen LogP contribution in [-0.2, 0) is 28.6 Å². The van der Waals surface area contributed by atoms with E-state index < -0.39 is 6.10 Å². The molecular weight excluding hydrogens is 949 g/mol. The molecule has 0 aromatic carbocycles. The van der Waals surface area contributed by atoms with Crippen molar-refractivity contribution in [3.8, 4) is 0 Å². The Balaban J connectivity index is 4.02. The molecule has 0 aromatic rings. The maximum absolute atomic E-state index is 12.8. The van der Waals surface area contributed by atoms with E-state index in [-0.39, 0.29) is 31.1 Å². The summed E-state index contributed by atoms with van der Waals surface area (Å²) in [6.45, 7) is 6.32. The maximum Gasteiger partial charge on any atom is 0.306 e. The fourth-order valence-corrected chi connectivity index (χ4v) is 8.73. The lowest BCUT2D eigenvalue weighted by atomic mass is 10.0. The third kappa shape index (κ3) is 62.5. The highest BCUT2D eigenvalue weighted by Gasteiger charge is 2.19. The summed E-state index contributed by atoms with van der Waals surface area (Å²) in [5, 5.41) is 0. The molecule has 0 spiro atoms. The highest BCUT2D eigenvalue weighted by Crippen LogP contribution is 2.16. The first kappa shape index (κ1) is 72.8. The van der Waals surface area contributed by atoms with Gasteiger partial charge in [-0.3, -0.25) is 14.4 Å². The van der Waals surface area contributed by atoms with E-state index in [1.54, 1.807) is 0 Å². The van der Waals surface area contributed by atoms with E-state index in [1.807, 2.05) is 0 Å². The van der Waals surface area contributed by atoms with Gasteiger partial charge < -0.3 is 14.2 Å². The number of carbonyl (C=O) groups is 3.